The Hall–Kier alpha value is -1.91. The van der Waals surface area contributed by atoms with Crippen LogP contribution in [0.15, 0.2) is 23.2 Å². The first-order chi connectivity index (χ1) is 11.6. The number of likely N-dealkylation sites (tertiary alicyclic amines) is 1. The summed E-state index contributed by atoms with van der Waals surface area (Å²) >= 11 is 0. The number of ether oxygens (including phenoxy) is 2. The van der Waals surface area contributed by atoms with Crippen molar-refractivity contribution in [2.45, 2.75) is 40.2 Å². The second-order valence-corrected chi connectivity index (χ2v) is 7.34. The van der Waals surface area contributed by atoms with Crippen molar-refractivity contribution in [2.75, 3.05) is 32.8 Å². The van der Waals surface area contributed by atoms with Gasteiger partial charge in [-0.1, -0.05) is 19.9 Å². The van der Waals surface area contributed by atoms with Crippen LogP contribution in [-0.2, 0) is 6.54 Å². The maximum atomic E-state index is 5.77. The molecule has 1 fully saturated rings. The number of nitrogens with one attached hydrogen (secondary N) is 1. The minimum Gasteiger partial charge on any atom is -0.490 e. The van der Waals surface area contributed by atoms with Gasteiger partial charge in [-0.25, -0.2) is 4.99 Å². The molecule has 1 saturated heterocycles. The molecule has 0 spiro atoms. The summed E-state index contributed by atoms with van der Waals surface area (Å²) in [6.07, 6.45) is 2.14. The fraction of sp³-hybridized carbons (Fsp3) is 0.632. The van der Waals surface area contributed by atoms with E-state index in [9.17, 15) is 0 Å². The molecule has 0 atom stereocenters. The highest BCUT2D eigenvalue weighted by atomic mass is 16.5. The van der Waals surface area contributed by atoms with E-state index >= 15 is 0 Å². The SMILES string of the molecule is CCNC(=NCc1ccc2c(c1)OCCCO2)N1CCC(C)(C)C1. The molecule has 0 unspecified atom stereocenters. The minimum absolute atomic E-state index is 0.367. The second-order valence-electron chi connectivity index (χ2n) is 7.34. The Morgan fingerprint density at radius 1 is 1.25 bits per heavy atom. The molecule has 0 aromatic heterocycles. The zero-order valence-corrected chi connectivity index (χ0v) is 15.1. The molecule has 5 heteroatoms. The molecule has 2 aliphatic rings. The molecule has 0 aliphatic carbocycles. The largest absolute Gasteiger partial charge is 0.490 e. The Bertz CT molecular complexity index is 598. The van der Waals surface area contributed by atoms with Gasteiger partial charge in [-0.3, -0.25) is 0 Å². The van der Waals surface area contributed by atoms with Crippen molar-refractivity contribution >= 4 is 5.96 Å². The van der Waals surface area contributed by atoms with Crippen LogP contribution in [-0.4, -0.2) is 43.7 Å². The Kier molecular flexibility index (Phi) is 5.17. The number of rotatable bonds is 3. The third kappa shape index (κ3) is 4.13. The van der Waals surface area contributed by atoms with Crippen LogP contribution in [0, 0.1) is 5.41 Å². The third-order valence-electron chi connectivity index (χ3n) is 4.54. The van der Waals surface area contributed by atoms with Crippen LogP contribution < -0.4 is 14.8 Å². The highest BCUT2D eigenvalue weighted by molar-refractivity contribution is 5.80. The van der Waals surface area contributed by atoms with Gasteiger partial charge in [-0.05, 0) is 36.5 Å². The fourth-order valence-electron chi connectivity index (χ4n) is 3.19. The van der Waals surface area contributed by atoms with Crippen LogP contribution in [0.5, 0.6) is 11.5 Å². The van der Waals surface area contributed by atoms with Crippen LogP contribution in [0.1, 0.15) is 39.2 Å². The molecule has 3 rings (SSSR count). The molecular weight excluding hydrogens is 302 g/mol. The smallest absolute Gasteiger partial charge is 0.194 e. The molecular formula is C19H29N3O2. The van der Waals surface area contributed by atoms with Gasteiger partial charge < -0.3 is 19.7 Å². The van der Waals surface area contributed by atoms with Gasteiger partial charge >= 0.3 is 0 Å². The number of hydrogen-bond acceptors (Lipinski definition) is 3. The number of benzene rings is 1. The van der Waals surface area contributed by atoms with E-state index in [2.05, 4.69) is 43.1 Å². The predicted molar refractivity (Wildman–Crippen MR) is 96.8 cm³/mol. The lowest BCUT2D eigenvalue weighted by Gasteiger charge is -2.23. The van der Waals surface area contributed by atoms with E-state index < -0.39 is 0 Å². The minimum atomic E-state index is 0.367. The van der Waals surface area contributed by atoms with E-state index in [0.717, 1.165) is 55.7 Å². The van der Waals surface area contributed by atoms with Gasteiger partial charge in [-0.15, -0.1) is 0 Å². The number of hydrogen-bond donors (Lipinski definition) is 1. The molecule has 24 heavy (non-hydrogen) atoms. The lowest BCUT2D eigenvalue weighted by molar-refractivity contribution is 0.297. The molecule has 5 nitrogen and oxygen atoms in total. The van der Waals surface area contributed by atoms with Crippen molar-refractivity contribution in [3.05, 3.63) is 23.8 Å². The summed E-state index contributed by atoms with van der Waals surface area (Å²) in [4.78, 5) is 7.21. The van der Waals surface area contributed by atoms with Gasteiger partial charge in [-0.2, -0.15) is 0 Å². The van der Waals surface area contributed by atoms with Crippen LogP contribution in [0.25, 0.3) is 0 Å². The maximum Gasteiger partial charge on any atom is 0.194 e. The molecule has 1 N–H and O–H groups in total. The van der Waals surface area contributed by atoms with Crippen molar-refractivity contribution in [1.82, 2.24) is 10.2 Å². The van der Waals surface area contributed by atoms with Gasteiger partial charge in [0, 0.05) is 26.1 Å². The second kappa shape index (κ2) is 7.32. The van der Waals surface area contributed by atoms with E-state index in [4.69, 9.17) is 14.5 Å². The first kappa shape index (κ1) is 16.9. The predicted octanol–water partition coefficient (Wildman–Crippen LogP) is 3.05. The zero-order valence-electron chi connectivity index (χ0n) is 15.1. The van der Waals surface area contributed by atoms with Crippen molar-refractivity contribution < 1.29 is 9.47 Å². The fourth-order valence-corrected chi connectivity index (χ4v) is 3.19. The van der Waals surface area contributed by atoms with E-state index in [1.54, 1.807) is 0 Å². The third-order valence-corrected chi connectivity index (χ3v) is 4.54. The highest BCUT2D eigenvalue weighted by Gasteiger charge is 2.30. The summed E-state index contributed by atoms with van der Waals surface area (Å²) in [6.45, 7) is 11.9. The lowest BCUT2D eigenvalue weighted by atomic mass is 9.93. The first-order valence-corrected chi connectivity index (χ1v) is 8.99. The Balaban J connectivity index is 1.71. The van der Waals surface area contributed by atoms with E-state index in [0.29, 0.717) is 18.6 Å². The van der Waals surface area contributed by atoms with E-state index in [1.807, 2.05) is 6.07 Å². The van der Waals surface area contributed by atoms with Gasteiger partial charge in [0.25, 0.3) is 0 Å². The molecule has 0 radical (unpaired) electrons. The van der Waals surface area contributed by atoms with Crippen LogP contribution in [0.4, 0.5) is 0 Å². The normalized spacial score (nSPS) is 20.0. The van der Waals surface area contributed by atoms with Crippen molar-refractivity contribution in [3.8, 4) is 11.5 Å². The molecule has 2 heterocycles. The lowest BCUT2D eigenvalue weighted by Crippen LogP contribution is -2.40. The number of nitrogens with zero attached hydrogens (tertiary/aromatic N) is 2. The molecule has 132 valence electrons. The molecule has 1 aromatic carbocycles. The average molecular weight is 331 g/mol. The highest BCUT2D eigenvalue weighted by Crippen LogP contribution is 2.31. The number of aliphatic imine (C=N–C) groups is 1. The molecule has 2 aliphatic heterocycles. The summed E-state index contributed by atoms with van der Waals surface area (Å²) in [5.41, 5.74) is 1.51. The van der Waals surface area contributed by atoms with Crippen LogP contribution >= 0.6 is 0 Å². The summed E-state index contributed by atoms with van der Waals surface area (Å²) < 4.78 is 11.5. The Morgan fingerprint density at radius 3 is 2.75 bits per heavy atom. The van der Waals surface area contributed by atoms with E-state index in [-0.39, 0.29) is 0 Å². The first-order valence-electron chi connectivity index (χ1n) is 8.99. The number of fused-ring (bicyclic) bond motifs is 1. The monoisotopic (exact) mass is 331 g/mol. The summed E-state index contributed by atoms with van der Waals surface area (Å²) in [7, 11) is 0. The van der Waals surface area contributed by atoms with Crippen LogP contribution in [0.3, 0.4) is 0 Å². The summed E-state index contributed by atoms with van der Waals surface area (Å²) in [5, 5.41) is 3.42. The summed E-state index contributed by atoms with van der Waals surface area (Å²) in [5.74, 6) is 2.69. The zero-order chi connectivity index (χ0) is 17.0. The topological polar surface area (TPSA) is 46.1 Å². The van der Waals surface area contributed by atoms with Crippen molar-refractivity contribution in [3.63, 3.8) is 0 Å². The Labute approximate surface area is 145 Å². The van der Waals surface area contributed by atoms with Crippen molar-refractivity contribution in [2.24, 2.45) is 10.4 Å². The van der Waals surface area contributed by atoms with Crippen LogP contribution in [0.2, 0.25) is 0 Å². The maximum absolute atomic E-state index is 5.77. The molecule has 0 saturated carbocycles. The van der Waals surface area contributed by atoms with Gasteiger partial charge in [0.2, 0.25) is 0 Å². The van der Waals surface area contributed by atoms with Crippen molar-refractivity contribution in [1.29, 1.82) is 0 Å². The van der Waals surface area contributed by atoms with Gasteiger partial charge in [0.1, 0.15) is 0 Å². The molecule has 0 bridgehead atoms. The van der Waals surface area contributed by atoms with E-state index in [1.165, 1.54) is 6.42 Å². The standard InChI is InChI=1S/C19H29N3O2/c1-4-20-18(22-9-8-19(2,3)14-22)21-13-15-6-7-16-17(12-15)24-11-5-10-23-16/h6-7,12H,4-5,8-11,13-14H2,1-3H3,(H,20,21). The van der Waals surface area contributed by atoms with Gasteiger partial charge in [0.15, 0.2) is 17.5 Å². The molecule has 0 amide bonds. The quantitative estimate of drug-likeness (QED) is 0.683. The summed E-state index contributed by atoms with van der Waals surface area (Å²) in [6, 6.07) is 6.13. The number of guanidine groups is 1. The Morgan fingerprint density at radius 2 is 2.04 bits per heavy atom. The van der Waals surface area contributed by atoms with Gasteiger partial charge in [0.05, 0.1) is 19.8 Å². The molecule has 1 aromatic rings. The average Bonchev–Trinajstić information content (AvgIpc) is 2.78.